The molecule has 2 aromatic heterocycles. The van der Waals surface area contributed by atoms with Crippen molar-refractivity contribution in [3.05, 3.63) is 59.6 Å². The van der Waals surface area contributed by atoms with Crippen LogP contribution in [-0.4, -0.2) is 27.1 Å². The van der Waals surface area contributed by atoms with Crippen LogP contribution in [0.25, 0.3) is 6.08 Å². The summed E-state index contributed by atoms with van der Waals surface area (Å²) in [5, 5.41) is 0. The van der Waals surface area contributed by atoms with Crippen molar-refractivity contribution in [3.63, 3.8) is 0 Å². The Bertz CT molecular complexity index is 681. The molecule has 0 spiro atoms. The first-order valence-electron chi connectivity index (χ1n) is 7.00. The minimum atomic E-state index is -0.502. The molecule has 0 saturated heterocycles. The SMILES string of the molecule is C/C=C(\N)C(=O)OCC=Cc1ccc(Cc2ncc[nH]2)n1C. The van der Waals surface area contributed by atoms with Crippen molar-refractivity contribution in [3.8, 4) is 0 Å². The van der Waals surface area contributed by atoms with E-state index in [4.69, 9.17) is 10.5 Å². The number of nitrogens with two attached hydrogens (primary N) is 1. The fraction of sp³-hybridized carbons (Fsp3) is 0.250. The lowest BCUT2D eigenvalue weighted by atomic mass is 10.3. The number of carbonyl (C=O) groups is 1. The van der Waals surface area contributed by atoms with Gasteiger partial charge in [-0.25, -0.2) is 9.78 Å². The monoisotopic (exact) mass is 300 g/mol. The van der Waals surface area contributed by atoms with Crippen LogP contribution in [0.1, 0.15) is 24.1 Å². The molecule has 0 fully saturated rings. The second-order valence-electron chi connectivity index (χ2n) is 4.77. The molecule has 0 saturated carbocycles. The number of imidazole rings is 1. The highest BCUT2D eigenvalue weighted by Gasteiger charge is 2.05. The first-order chi connectivity index (χ1) is 10.6. The van der Waals surface area contributed by atoms with Gasteiger partial charge in [0, 0.05) is 37.3 Å². The highest BCUT2D eigenvalue weighted by atomic mass is 16.5. The molecule has 0 amide bonds. The lowest BCUT2D eigenvalue weighted by Crippen LogP contribution is -2.14. The number of ether oxygens (including phenoxy) is 1. The van der Waals surface area contributed by atoms with Crippen LogP contribution in [0.15, 0.2) is 42.4 Å². The van der Waals surface area contributed by atoms with Crippen LogP contribution in [-0.2, 0) is 23.0 Å². The van der Waals surface area contributed by atoms with Crippen LogP contribution >= 0.6 is 0 Å². The molecule has 6 heteroatoms. The van der Waals surface area contributed by atoms with Crippen LogP contribution in [0.2, 0.25) is 0 Å². The molecule has 116 valence electrons. The van der Waals surface area contributed by atoms with Gasteiger partial charge in [-0.15, -0.1) is 0 Å². The number of hydrogen-bond acceptors (Lipinski definition) is 4. The van der Waals surface area contributed by atoms with Gasteiger partial charge in [0.15, 0.2) is 0 Å². The first-order valence-corrected chi connectivity index (χ1v) is 7.00. The predicted octanol–water partition coefficient (Wildman–Crippen LogP) is 1.76. The number of hydrogen-bond donors (Lipinski definition) is 2. The number of aromatic amines is 1. The lowest BCUT2D eigenvalue weighted by molar-refractivity contribution is -0.137. The Labute approximate surface area is 129 Å². The Morgan fingerprint density at radius 2 is 2.32 bits per heavy atom. The molecule has 0 bridgehead atoms. The minimum Gasteiger partial charge on any atom is -0.457 e. The molecule has 0 radical (unpaired) electrons. The Morgan fingerprint density at radius 1 is 1.50 bits per heavy atom. The van der Waals surface area contributed by atoms with Crippen LogP contribution in [0.4, 0.5) is 0 Å². The molecule has 0 unspecified atom stereocenters. The number of esters is 1. The second kappa shape index (κ2) is 7.31. The van der Waals surface area contributed by atoms with E-state index in [2.05, 4.69) is 14.5 Å². The fourth-order valence-electron chi connectivity index (χ4n) is 1.98. The summed E-state index contributed by atoms with van der Waals surface area (Å²) in [6.45, 7) is 1.88. The Kier molecular flexibility index (Phi) is 5.19. The van der Waals surface area contributed by atoms with Gasteiger partial charge in [0.2, 0.25) is 0 Å². The van der Waals surface area contributed by atoms with Crippen molar-refractivity contribution in [2.24, 2.45) is 12.8 Å². The van der Waals surface area contributed by atoms with E-state index in [1.165, 1.54) is 6.08 Å². The number of aromatic nitrogens is 3. The highest BCUT2D eigenvalue weighted by Crippen LogP contribution is 2.12. The molecule has 2 heterocycles. The first kappa shape index (κ1) is 15.6. The van der Waals surface area contributed by atoms with Gasteiger partial charge < -0.3 is 20.0 Å². The maximum Gasteiger partial charge on any atom is 0.354 e. The molecule has 0 aliphatic rings. The largest absolute Gasteiger partial charge is 0.457 e. The summed E-state index contributed by atoms with van der Waals surface area (Å²) in [5.41, 5.74) is 7.74. The summed E-state index contributed by atoms with van der Waals surface area (Å²) in [7, 11) is 1.99. The topological polar surface area (TPSA) is 85.9 Å². The smallest absolute Gasteiger partial charge is 0.354 e. The number of rotatable bonds is 6. The lowest BCUT2D eigenvalue weighted by Gasteiger charge is -2.04. The molecule has 0 aliphatic heterocycles. The summed E-state index contributed by atoms with van der Waals surface area (Å²) in [5.74, 6) is 0.421. The van der Waals surface area contributed by atoms with Gasteiger partial charge in [0.05, 0.1) is 0 Å². The van der Waals surface area contributed by atoms with Crippen LogP contribution in [0.3, 0.4) is 0 Å². The molecular weight excluding hydrogens is 280 g/mol. The molecule has 2 aromatic rings. The van der Waals surface area contributed by atoms with Crippen molar-refractivity contribution < 1.29 is 9.53 Å². The standard InChI is InChI=1S/C16H20N4O2/c1-3-14(17)16(21)22-10-4-5-12-6-7-13(20(12)2)11-15-18-8-9-19-15/h3-9H,10-11,17H2,1-2H3,(H,18,19)/b5-4?,14-3-. The summed E-state index contributed by atoms with van der Waals surface area (Å²) in [6, 6.07) is 4.06. The molecule has 2 rings (SSSR count). The van der Waals surface area contributed by atoms with Gasteiger partial charge in [0.25, 0.3) is 0 Å². The Hall–Kier alpha value is -2.76. The highest BCUT2D eigenvalue weighted by molar-refractivity contribution is 5.87. The zero-order valence-electron chi connectivity index (χ0n) is 12.7. The van der Waals surface area contributed by atoms with E-state index in [1.54, 1.807) is 19.2 Å². The minimum absolute atomic E-state index is 0.119. The predicted molar refractivity (Wildman–Crippen MR) is 84.7 cm³/mol. The number of nitrogens with zero attached hydrogens (tertiary/aromatic N) is 2. The third-order valence-corrected chi connectivity index (χ3v) is 3.31. The molecule has 22 heavy (non-hydrogen) atoms. The van der Waals surface area contributed by atoms with Gasteiger partial charge in [-0.1, -0.05) is 6.08 Å². The summed E-state index contributed by atoms with van der Waals surface area (Å²) in [4.78, 5) is 18.7. The molecular formula is C16H20N4O2. The van der Waals surface area contributed by atoms with Gasteiger partial charge in [-0.05, 0) is 31.2 Å². The third kappa shape index (κ3) is 3.88. The van der Waals surface area contributed by atoms with Gasteiger partial charge in [-0.3, -0.25) is 0 Å². The molecule has 6 nitrogen and oxygen atoms in total. The van der Waals surface area contributed by atoms with Crippen molar-refractivity contribution in [2.45, 2.75) is 13.3 Å². The number of H-pyrrole nitrogens is 1. The maximum absolute atomic E-state index is 11.4. The van der Waals surface area contributed by atoms with Gasteiger partial charge in [-0.2, -0.15) is 0 Å². The Balaban J connectivity index is 1.92. The zero-order chi connectivity index (χ0) is 15.9. The van der Waals surface area contributed by atoms with E-state index in [-0.39, 0.29) is 12.3 Å². The van der Waals surface area contributed by atoms with Crippen molar-refractivity contribution in [2.75, 3.05) is 6.61 Å². The van der Waals surface area contributed by atoms with Crippen molar-refractivity contribution >= 4 is 12.0 Å². The second-order valence-corrected chi connectivity index (χ2v) is 4.77. The average molecular weight is 300 g/mol. The van der Waals surface area contributed by atoms with E-state index < -0.39 is 5.97 Å². The molecule has 3 N–H and O–H groups in total. The number of carbonyl (C=O) groups excluding carboxylic acids is 1. The van der Waals surface area contributed by atoms with E-state index in [1.807, 2.05) is 31.5 Å². The van der Waals surface area contributed by atoms with Crippen molar-refractivity contribution in [1.82, 2.24) is 14.5 Å². The van der Waals surface area contributed by atoms with E-state index in [9.17, 15) is 4.79 Å². The molecule has 0 atom stereocenters. The van der Waals surface area contributed by atoms with E-state index in [0.717, 1.165) is 23.6 Å². The Morgan fingerprint density at radius 3 is 3.00 bits per heavy atom. The molecule has 0 aliphatic carbocycles. The number of nitrogens with one attached hydrogen (secondary N) is 1. The van der Waals surface area contributed by atoms with E-state index in [0.29, 0.717) is 0 Å². The van der Waals surface area contributed by atoms with Crippen LogP contribution < -0.4 is 5.73 Å². The average Bonchev–Trinajstić information content (AvgIpc) is 3.15. The van der Waals surface area contributed by atoms with Crippen molar-refractivity contribution in [1.29, 1.82) is 0 Å². The van der Waals surface area contributed by atoms with Gasteiger partial charge >= 0.3 is 5.97 Å². The van der Waals surface area contributed by atoms with Crippen LogP contribution in [0, 0.1) is 0 Å². The molecule has 0 aromatic carbocycles. The van der Waals surface area contributed by atoms with E-state index >= 15 is 0 Å². The fourth-order valence-corrected chi connectivity index (χ4v) is 1.98. The zero-order valence-corrected chi connectivity index (χ0v) is 12.7. The quantitative estimate of drug-likeness (QED) is 0.628. The maximum atomic E-state index is 11.4. The van der Waals surface area contributed by atoms with Crippen LogP contribution in [0.5, 0.6) is 0 Å². The summed E-state index contributed by atoms with van der Waals surface area (Å²) < 4.78 is 7.08. The summed E-state index contributed by atoms with van der Waals surface area (Å²) >= 11 is 0. The van der Waals surface area contributed by atoms with Gasteiger partial charge in [0.1, 0.15) is 18.1 Å². The normalized spacial score (nSPS) is 12.0. The summed E-state index contributed by atoms with van der Waals surface area (Å²) in [6.07, 6.45) is 9.50. The number of allylic oxidation sites excluding steroid dienone is 1. The third-order valence-electron chi connectivity index (χ3n) is 3.31.